The minimum atomic E-state index is -0.332. The first-order valence-corrected chi connectivity index (χ1v) is 10.1. The normalized spacial score (nSPS) is 14.0. The van der Waals surface area contributed by atoms with E-state index in [0.717, 1.165) is 33.9 Å². The number of carbonyl (C=O) groups is 2. The summed E-state index contributed by atoms with van der Waals surface area (Å²) < 4.78 is 7.14. The molecular formula is C24H21ClN2O3. The highest BCUT2D eigenvalue weighted by molar-refractivity contribution is 6.36. The van der Waals surface area contributed by atoms with E-state index in [1.807, 2.05) is 44.2 Å². The van der Waals surface area contributed by atoms with Gasteiger partial charge in [0.15, 0.2) is 0 Å². The zero-order chi connectivity index (χ0) is 21.4. The van der Waals surface area contributed by atoms with E-state index in [1.54, 1.807) is 31.2 Å². The minimum absolute atomic E-state index is 0.143. The molecule has 0 bridgehead atoms. The molecule has 0 saturated carbocycles. The van der Waals surface area contributed by atoms with Gasteiger partial charge in [0.05, 0.1) is 17.9 Å². The Morgan fingerprint density at radius 2 is 1.87 bits per heavy atom. The highest BCUT2D eigenvalue weighted by atomic mass is 35.5. The Morgan fingerprint density at radius 1 is 1.13 bits per heavy atom. The smallest absolute Gasteiger partial charge is 0.338 e. The highest BCUT2D eigenvalue weighted by Crippen LogP contribution is 2.36. The lowest BCUT2D eigenvalue weighted by molar-refractivity contribution is -0.110. The molecule has 0 atom stereocenters. The number of benzene rings is 2. The van der Waals surface area contributed by atoms with Crippen LogP contribution in [0.2, 0.25) is 5.02 Å². The van der Waals surface area contributed by atoms with Gasteiger partial charge in [0.25, 0.3) is 5.91 Å². The van der Waals surface area contributed by atoms with Crippen LogP contribution in [0.5, 0.6) is 0 Å². The SMILES string of the molecule is CCOC(=O)c1ccc(-n2c(C)cc(C=C3C(=O)Nc4cc(Cl)ccc43)c2C)cc1. The van der Waals surface area contributed by atoms with Crippen LogP contribution in [0.15, 0.2) is 48.5 Å². The van der Waals surface area contributed by atoms with Gasteiger partial charge in [0, 0.05) is 33.2 Å². The number of amides is 1. The van der Waals surface area contributed by atoms with Gasteiger partial charge >= 0.3 is 5.97 Å². The predicted octanol–water partition coefficient (Wildman–Crippen LogP) is 5.42. The first-order valence-electron chi connectivity index (χ1n) is 9.68. The van der Waals surface area contributed by atoms with Crippen molar-refractivity contribution in [2.24, 2.45) is 0 Å². The molecule has 0 unspecified atom stereocenters. The Balaban J connectivity index is 1.71. The third-order valence-corrected chi connectivity index (χ3v) is 5.41. The molecule has 5 nitrogen and oxygen atoms in total. The largest absolute Gasteiger partial charge is 0.462 e. The molecule has 3 aromatic rings. The maximum atomic E-state index is 12.5. The van der Waals surface area contributed by atoms with Crippen molar-refractivity contribution in [2.75, 3.05) is 11.9 Å². The van der Waals surface area contributed by atoms with E-state index in [2.05, 4.69) is 9.88 Å². The topological polar surface area (TPSA) is 60.3 Å². The molecule has 152 valence electrons. The summed E-state index contributed by atoms with van der Waals surface area (Å²) in [5.74, 6) is -0.475. The molecule has 6 heteroatoms. The molecule has 4 rings (SSSR count). The van der Waals surface area contributed by atoms with Crippen molar-refractivity contribution in [3.63, 3.8) is 0 Å². The standard InChI is InChI=1S/C24H21ClN2O3/c1-4-30-24(29)16-5-8-19(9-6-16)27-14(2)11-17(15(27)3)12-21-20-10-7-18(25)13-22(20)26-23(21)28/h5-13H,4H2,1-3H3,(H,26,28). The second-order valence-electron chi connectivity index (χ2n) is 7.13. The molecule has 2 heterocycles. The van der Waals surface area contributed by atoms with Crippen molar-refractivity contribution >= 4 is 40.8 Å². The van der Waals surface area contributed by atoms with Crippen molar-refractivity contribution in [1.29, 1.82) is 0 Å². The van der Waals surface area contributed by atoms with E-state index in [1.165, 1.54) is 0 Å². The Bertz CT molecular complexity index is 1190. The number of nitrogens with zero attached hydrogens (tertiary/aromatic N) is 1. The van der Waals surface area contributed by atoms with E-state index in [0.29, 0.717) is 22.8 Å². The van der Waals surface area contributed by atoms with Gasteiger partial charge in [-0.2, -0.15) is 0 Å². The summed E-state index contributed by atoms with van der Waals surface area (Å²) in [5, 5.41) is 3.45. The van der Waals surface area contributed by atoms with Crippen LogP contribution in [0.4, 0.5) is 5.69 Å². The predicted molar refractivity (Wildman–Crippen MR) is 119 cm³/mol. The van der Waals surface area contributed by atoms with Gasteiger partial charge < -0.3 is 14.6 Å². The van der Waals surface area contributed by atoms with Gasteiger partial charge in [-0.05, 0) is 74.9 Å². The molecule has 0 aliphatic carbocycles. The zero-order valence-corrected chi connectivity index (χ0v) is 17.7. The lowest BCUT2D eigenvalue weighted by Gasteiger charge is -2.10. The van der Waals surface area contributed by atoms with E-state index in [9.17, 15) is 9.59 Å². The molecule has 1 amide bonds. The van der Waals surface area contributed by atoms with E-state index in [-0.39, 0.29) is 11.9 Å². The summed E-state index contributed by atoms with van der Waals surface area (Å²) in [7, 11) is 0. The fourth-order valence-corrected chi connectivity index (χ4v) is 3.93. The molecule has 1 aliphatic heterocycles. The summed E-state index contributed by atoms with van der Waals surface area (Å²) >= 11 is 6.04. The van der Waals surface area contributed by atoms with Crippen LogP contribution in [-0.4, -0.2) is 23.1 Å². The van der Waals surface area contributed by atoms with E-state index in [4.69, 9.17) is 16.3 Å². The molecule has 1 N–H and O–H groups in total. The average molecular weight is 421 g/mol. The van der Waals surface area contributed by atoms with Crippen LogP contribution in [0.3, 0.4) is 0 Å². The number of halogens is 1. The van der Waals surface area contributed by atoms with Crippen molar-refractivity contribution in [1.82, 2.24) is 4.57 Å². The molecule has 0 spiro atoms. The first-order chi connectivity index (χ1) is 14.4. The average Bonchev–Trinajstić information content (AvgIpc) is 3.17. The molecule has 2 aromatic carbocycles. The zero-order valence-electron chi connectivity index (χ0n) is 17.0. The number of nitrogens with one attached hydrogen (secondary N) is 1. The second-order valence-corrected chi connectivity index (χ2v) is 7.57. The monoisotopic (exact) mass is 420 g/mol. The minimum Gasteiger partial charge on any atom is -0.462 e. The van der Waals surface area contributed by atoms with Crippen molar-refractivity contribution in [3.8, 4) is 5.69 Å². The van der Waals surface area contributed by atoms with Gasteiger partial charge in [-0.1, -0.05) is 17.7 Å². The van der Waals surface area contributed by atoms with Crippen molar-refractivity contribution in [2.45, 2.75) is 20.8 Å². The van der Waals surface area contributed by atoms with E-state index >= 15 is 0 Å². The number of anilines is 1. The fourth-order valence-electron chi connectivity index (χ4n) is 3.76. The summed E-state index contributed by atoms with van der Waals surface area (Å²) in [4.78, 5) is 24.4. The molecule has 1 aliphatic rings. The number of hydrogen-bond acceptors (Lipinski definition) is 3. The first kappa shape index (κ1) is 20.0. The molecular weight excluding hydrogens is 400 g/mol. The summed E-state index contributed by atoms with van der Waals surface area (Å²) in [5.41, 5.74) is 6.61. The lowest BCUT2D eigenvalue weighted by Crippen LogP contribution is -2.05. The van der Waals surface area contributed by atoms with Crippen molar-refractivity contribution in [3.05, 3.63) is 81.6 Å². The molecule has 0 saturated heterocycles. The third-order valence-electron chi connectivity index (χ3n) is 5.17. The number of rotatable bonds is 4. The number of aromatic nitrogens is 1. The molecule has 1 aromatic heterocycles. The second kappa shape index (κ2) is 7.84. The van der Waals surface area contributed by atoms with Crippen molar-refractivity contribution < 1.29 is 14.3 Å². The van der Waals surface area contributed by atoms with Crippen LogP contribution in [-0.2, 0) is 9.53 Å². The third kappa shape index (κ3) is 3.53. The number of esters is 1. The number of carbonyl (C=O) groups excluding carboxylic acids is 2. The molecule has 0 fully saturated rings. The summed E-state index contributed by atoms with van der Waals surface area (Å²) in [6.07, 6.45) is 1.90. The van der Waals surface area contributed by atoms with Crippen LogP contribution in [0.25, 0.3) is 17.3 Å². The number of aryl methyl sites for hydroxylation is 1. The summed E-state index contributed by atoms with van der Waals surface area (Å²) in [6, 6.07) is 14.7. The molecule has 30 heavy (non-hydrogen) atoms. The van der Waals surface area contributed by atoms with Gasteiger partial charge in [-0.15, -0.1) is 0 Å². The van der Waals surface area contributed by atoms with Gasteiger partial charge in [0.2, 0.25) is 0 Å². The quantitative estimate of drug-likeness (QED) is 0.453. The van der Waals surface area contributed by atoms with Gasteiger partial charge in [0.1, 0.15) is 0 Å². The molecule has 0 radical (unpaired) electrons. The Kier molecular flexibility index (Phi) is 5.22. The van der Waals surface area contributed by atoms with Crippen LogP contribution in [0.1, 0.15) is 39.8 Å². The van der Waals surface area contributed by atoms with Crippen LogP contribution in [0, 0.1) is 13.8 Å². The highest BCUT2D eigenvalue weighted by Gasteiger charge is 2.25. The van der Waals surface area contributed by atoms with E-state index < -0.39 is 0 Å². The number of hydrogen-bond donors (Lipinski definition) is 1. The maximum Gasteiger partial charge on any atom is 0.338 e. The Hall–Kier alpha value is -3.31. The summed E-state index contributed by atoms with van der Waals surface area (Å²) in [6.45, 7) is 6.15. The number of ether oxygens (including phenoxy) is 1. The fraction of sp³-hybridized carbons (Fsp3) is 0.167. The Labute approximate surface area is 179 Å². The van der Waals surface area contributed by atoms with Crippen LogP contribution < -0.4 is 5.32 Å². The van der Waals surface area contributed by atoms with Gasteiger partial charge in [-0.25, -0.2) is 4.79 Å². The lowest BCUT2D eigenvalue weighted by atomic mass is 10.0. The van der Waals surface area contributed by atoms with Crippen LogP contribution >= 0.6 is 11.6 Å². The Morgan fingerprint density at radius 3 is 2.57 bits per heavy atom. The number of fused-ring (bicyclic) bond motifs is 1. The van der Waals surface area contributed by atoms with Gasteiger partial charge in [-0.3, -0.25) is 4.79 Å². The maximum absolute atomic E-state index is 12.5.